The summed E-state index contributed by atoms with van der Waals surface area (Å²) in [6, 6.07) is 0.405. The lowest BCUT2D eigenvalue weighted by Crippen LogP contribution is -2.40. The highest BCUT2D eigenvalue weighted by molar-refractivity contribution is 5.27. The molecule has 18 heavy (non-hydrogen) atoms. The van der Waals surface area contributed by atoms with Crippen LogP contribution < -0.4 is 5.32 Å². The summed E-state index contributed by atoms with van der Waals surface area (Å²) in [5.41, 5.74) is 4.40. The van der Waals surface area contributed by atoms with E-state index in [0.717, 1.165) is 12.2 Å². The van der Waals surface area contributed by atoms with Gasteiger partial charge in [0.1, 0.15) is 0 Å². The first-order chi connectivity index (χ1) is 8.49. The second kappa shape index (κ2) is 5.04. The molecule has 1 unspecified atom stereocenters. The molecule has 3 heteroatoms. The maximum absolute atomic E-state index is 4.51. The van der Waals surface area contributed by atoms with Crippen LogP contribution in [0.15, 0.2) is 0 Å². The molecule has 1 aliphatic rings. The van der Waals surface area contributed by atoms with Crippen LogP contribution in [0.2, 0.25) is 0 Å². The molecule has 0 spiro atoms. The highest BCUT2D eigenvalue weighted by Crippen LogP contribution is 2.43. The van der Waals surface area contributed by atoms with Gasteiger partial charge in [-0.05, 0) is 45.4 Å². The topological polar surface area (TPSA) is 29.9 Å². The Kier molecular flexibility index (Phi) is 3.81. The molecule has 0 amide bonds. The highest BCUT2D eigenvalue weighted by atomic mass is 15.3. The lowest BCUT2D eigenvalue weighted by Gasteiger charge is -2.42. The fourth-order valence-corrected chi connectivity index (χ4v) is 3.22. The van der Waals surface area contributed by atoms with Crippen molar-refractivity contribution in [3.63, 3.8) is 0 Å². The van der Waals surface area contributed by atoms with Gasteiger partial charge in [0.25, 0.3) is 0 Å². The SMILES string of the molecule is CCC1(CNC(C)c2c(C)nn(C)c2C)CCC1. The molecule has 0 radical (unpaired) electrons. The Balaban J connectivity index is 2.01. The fraction of sp³-hybridized carbons (Fsp3) is 0.800. The fourth-order valence-electron chi connectivity index (χ4n) is 3.22. The lowest BCUT2D eigenvalue weighted by atomic mass is 9.67. The van der Waals surface area contributed by atoms with Gasteiger partial charge in [-0.3, -0.25) is 4.68 Å². The summed E-state index contributed by atoms with van der Waals surface area (Å²) in [4.78, 5) is 0. The van der Waals surface area contributed by atoms with E-state index in [1.807, 2.05) is 11.7 Å². The van der Waals surface area contributed by atoms with Crippen molar-refractivity contribution in [1.29, 1.82) is 0 Å². The van der Waals surface area contributed by atoms with Crippen LogP contribution in [0, 0.1) is 19.3 Å². The first-order valence-corrected chi connectivity index (χ1v) is 7.22. The number of hydrogen-bond donors (Lipinski definition) is 1. The minimum absolute atomic E-state index is 0.405. The molecular formula is C15H27N3. The van der Waals surface area contributed by atoms with Crippen LogP contribution in [-0.4, -0.2) is 16.3 Å². The van der Waals surface area contributed by atoms with E-state index in [9.17, 15) is 0 Å². The quantitative estimate of drug-likeness (QED) is 0.868. The Morgan fingerprint density at radius 1 is 1.39 bits per heavy atom. The molecule has 2 rings (SSSR count). The molecule has 1 aromatic heterocycles. The number of aromatic nitrogens is 2. The van der Waals surface area contributed by atoms with Gasteiger partial charge >= 0.3 is 0 Å². The van der Waals surface area contributed by atoms with Gasteiger partial charge in [0.2, 0.25) is 0 Å². The summed E-state index contributed by atoms with van der Waals surface area (Å²) in [7, 11) is 2.03. The third kappa shape index (κ3) is 2.33. The zero-order valence-corrected chi connectivity index (χ0v) is 12.5. The molecule has 1 saturated carbocycles. The molecule has 1 fully saturated rings. The van der Waals surface area contributed by atoms with Gasteiger partial charge in [-0.15, -0.1) is 0 Å². The molecule has 0 saturated heterocycles. The maximum Gasteiger partial charge on any atom is 0.0644 e. The van der Waals surface area contributed by atoms with E-state index in [2.05, 4.69) is 38.1 Å². The second-order valence-electron chi connectivity index (χ2n) is 6.02. The first-order valence-electron chi connectivity index (χ1n) is 7.22. The van der Waals surface area contributed by atoms with Gasteiger partial charge in [-0.25, -0.2) is 0 Å². The Morgan fingerprint density at radius 3 is 2.44 bits per heavy atom. The van der Waals surface area contributed by atoms with E-state index in [-0.39, 0.29) is 0 Å². The molecule has 0 aliphatic heterocycles. The van der Waals surface area contributed by atoms with Crippen molar-refractivity contribution in [1.82, 2.24) is 15.1 Å². The van der Waals surface area contributed by atoms with E-state index in [0.29, 0.717) is 11.5 Å². The Labute approximate surface area is 111 Å². The molecule has 102 valence electrons. The maximum atomic E-state index is 4.51. The van der Waals surface area contributed by atoms with E-state index < -0.39 is 0 Å². The molecule has 1 heterocycles. The molecule has 3 nitrogen and oxygen atoms in total. The van der Waals surface area contributed by atoms with Gasteiger partial charge in [0.15, 0.2) is 0 Å². The smallest absolute Gasteiger partial charge is 0.0644 e. The first kappa shape index (κ1) is 13.6. The van der Waals surface area contributed by atoms with Gasteiger partial charge in [-0.2, -0.15) is 5.10 Å². The minimum Gasteiger partial charge on any atom is -0.310 e. The van der Waals surface area contributed by atoms with Crippen LogP contribution in [-0.2, 0) is 7.05 Å². The second-order valence-corrected chi connectivity index (χ2v) is 6.02. The van der Waals surface area contributed by atoms with Crippen molar-refractivity contribution in [3.8, 4) is 0 Å². The number of hydrogen-bond acceptors (Lipinski definition) is 2. The summed E-state index contributed by atoms with van der Waals surface area (Å²) in [6.45, 7) is 10.0. The summed E-state index contributed by atoms with van der Waals surface area (Å²) < 4.78 is 1.99. The predicted molar refractivity (Wildman–Crippen MR) is 75.7 cm³/mol. The van der Waals surface area contributed by atoms with Crippen molar-refractivity contribution in [3.05, 3.63) is 17.0 Å². The van der Waals surface area contributed by atoms with Crippen molar-refractivity contribution in [2.75, 3.05) is 6.54 Å². The molecule has 1 N–H and O–H groups in total. The number of nitrogens with one attached hydrogen (secondary N) is 1. The summed E-state index contributed by atoms with van der Waals surface area (Å²) >= 11 is 0. The number of rotatable bonds is 5. The Morgan fingerprint density at radius 2 is 2.06 bits per heavy atom. The van der Waals surface area contributed by atoms with E-state index >= 15 is 0 Å². The largest absolute Gasteiger partial charge is 0.310 e. The molecule has 1 aliphatic carbocycles. The molecule has 0 bridgehead atoms. The standard InChI is InChI=1S/C15H27N3/c1-6-15(8-7-9-15)10-16-11(2)14-12(3)17-18(5)13(14)4/h11,16H,6-10H2,1-5H3. The third-order valence-corrected chi connectivity index (χ3v) is 4.95. The zero-order valence-electron chi connectivity index (χ0n) is 12.5. The summed E-state index contributed by atoms with van der Waals surface area (Å²) in [5.74, 6) is 0. The van der Waals surface area contributed by atoms with Crippen LogP contribution in [0.3, 0.4) is 0 Å². The molecule has 1 aromatic rings. The Hall–Kier alpha value is -0.830. The van der Waals surface area contributed by atoms with Gasteiger partial charge < -0.3 is 5.32 Å². The van der Waals surface area contributed by atoms with Gasteiger partial charge in [0, 0.05) is 30.9 Å². The number of nitrogens with zero attached hydrogens (tertiary/aromatic N) is 2. The van der Waals surface area contributed by atoms with Crippen LogP contribution >= 0.6 is 0 Å². The van der Waals surface area contributed by atoms with Crippen molar-refractivity contribution in [2.45, 2.75) is 59.4 Å². The van der Waals surface area contributed by atoms with Crippen LogP contribution in [0.1, 0.15) is 62.5 Å². The van der Waals surface area contributed by atoms with Crippen molar-refractivity contribution in [2.24, 2.45) is 12.5 Å². The molecule has 0 aromatic carbocycles. The average molecular weight is 249 g/mol. The molecule has 1 atom stereocenters. The number of aryl methyl sites for hydroxylation is 2. The van der Waals surface area contributed by atoms with E-state index in [1.165, 1.54) is 36.9 Å². The van der Waals surface area contributed by atoms with E-state index in [4.69, 9.17) is 0 Å². The minimum atomic E-state index is 0.405. The zero-order chi connectivity index (χ0) is 13.3. The summed E-state index contributed by atoms with van der Waals surface area (Å²) in [6.07, 6.45) is 5.51. The summed E-state index contributed by atoms with van der Waals surface area (Å²) in [5, 5.41) is 8.24. The van der Waals surface area contributed by atoms with Crippen LogP contribution in [0.25, 0.3) is 0 Å². The van der Waals surface area contributed by atoms with Crippen LogP contribution in [0.5, 0.6) is 0 Å². The van der Waals surface area contributed by atoms with Crippen molar-refractivity contribution >= 4 is 0 Å². The lowest BCUT2D eigenvalue weighted by molar-refractivity contribution is 0.120. The predicted octanol–water partition coefficient (Wildman–Crippen LogP) is 3.27. The normalized spacial score (nSPS) is 19.6. The van der Waals surface area contributed by atoms with Crippen LogP contribution in [0.4, 0.5) is 0 Å². The van der Waals surface area contributed by atoms with Gasteiger partial charge in [-0.1, -0.05) is 13.3 Å². The van der Waals surface area contributed by atoms with Crippen molar-refractivity contribution < 1.29 is 0 Å². The Bertz CT molecular complexity index is 410. The highest BCUT2D eigenvalue weighted by Gasteiger charge is 2.35. The average Bonchev–Trinajstić information content (AvgIpc) is 2.52. The van der Waals surface area contributed by atoms with E-state index in [1.54, 1.807) is 0 Å². The molecular weight excluding hydrogens is 222 g/mol. The monoisotopic (exact) mass is 249 g/mol. The third-order valence-electron chi connectivity index (χ3n) is 4.95. The van der Waals surface area contributed by atoms with Gasteiger partial charge in [0.05, 0.1) is 5.69 Å².